The largest absolute Gasteiger partial charge is 4.00 e. The molecule has 4 aliphatic rings. The van der Waals surface area contributed by atoms with E-state index in [1.807, 2.05) is 146 Å². The van der Waals surface area contributed by atoms with E-state index in [4.69, 9.17) is 70.8 Å². The third-order valence-corrected chi connectivity index (χ3v) is 27.1. The van der Waals surface area contributed by atoms with Crippen LogP contribution in [0.25, 0.3) is 0 Å². The Hall–Kier alpha value is -3.10. The van der Waals surface area contributed by atoms with Gasteiger partial charge >= 0.3 is 64.5 Å². The number of rotatable bonds is 13. The zero-order valence-corrected chi connectivity index (χ0v) is 65.2. The topological polar surface area (TPSA) is 54.4 Å². The van der Waals surface area contributed by atoms with Gasteiger partial charge in [0.05, 0.1) is 32.3 Å². The molecule has 4 saturated carbocycles. The van der Waals surface area contributed by atoms with E-state index >= 15 is 0 Å². The van der Waals surface area contributed by atoms with Crippen molar-refractivity contribution in [3.05, 3.63) is 270 Å². The van der Waals surface area contributed by atoms with Gasteiger partial charge < -0.3 is 85.3 Å². The summed E-state index contributed by atoms with van der Waals surface area (Å²) in [5, 5.41) is 13.5. The van der Waals surface area contributed by atoms with Crippen LogP contribution in [-0.2, 0) is 107 Å². The fraction of sp³-hybridized carbons (Fsp3) is 0.308. The van der Waals surface area contributed by atoms with Crippen LogP contribution in [0.5, 0.6) is 0 Å². The number of aromatic carboxylic acids is 1. The fourth-order valence-electron chi connectivity index (χ4n) is 11.0. The van der Waals surface area contributed by atoms with E-state index in [9.17, 15) is 9.59 Å². The van der Waals surface area contributed by atoms with Crippen LogP contribution in [0.2, 0.25) is 0 Å². The van der Waals surface area contributed by atoms with E-state index < -0.39 is 20.3 Å². The van der Waals surface area contributed by atoms with Crippen LogP contribution in [0.15, 0.2) is 238 Å². The van der Waals surface area contributed by atoms with Gasteiger partial charge in [0.1, 0.15) is 5.49 Å². The second-order valence-electron chi connectivity index (χ2n) is 22.6. The number of hydrogen-bond donors (Lipinski definition) is 2. The summed E-state index contributed by atoms with van der Waals surface area (Å²) >= 11 is 25.2. The number of carbonyl (C=O) groups excluding carboxylic acids is 1. The summed E-state index contributed by atoms with van der Waals surface area (Å²) in [5.74, 6) is 0.795. The summed E-state index contributed by atoms with van der Waals surface area (Å²) in [6, 6.07) is 71.4. The summed E-state index contributed by atoms with van der Waals surface area (Å²) in [7, 11) is 9.67. The Morgan fingerprint density at radius 3 is 0.882 bits per heavy atom. The molecule has 0 amide bonds. The molecule has 0 aliphatic heterocycles. The SMILES string of the molecule is C1CCCC1.C1CCCC1.O=C(O)c1ccc(CC2CCCC2)cc1.[B][P+](CS)(c1ccccc1)c1ccccc1.[B][P+](CSC(=O)c1ccc(CC2CCCC2)cc1)(c1ccccc1)c1ccccc1.[CH3-].[CH3-].[CH3-].[CH3-].[S-]c1ccccc1[S-].[S-]c1ccccc1[S-].[Ti+4].[Ti+4]. The number of carboxylic acids is 1. The molecular weight excluding hydrogens is 1360 g/mol. The molecule has 8 aromatic carbocycles. The zero-order valence-electron chi connectivity index (χ0n) is 55.3. The molecule has 0 unspecified atom stereocenters. The molecule has 0 atom stereocenters. The van der Waals surface area contributed by atoms with Crippen molar-refractivity contribution in [3.8, 4) is 0 Å². The second kappa shape index (κ2) is 51.1. The van der Waals surface area contributed by atoms with Crippen molar-refractivity contribution in [1.82, 2.24) is 0 Å². The molecule has 15 heteroatoms. The normalized spacial score (nSPS) is 13.5. The van der Waals surface area contributed by atoms with Gasteiger partial charge in [-0.3, -0.25) is 4.79 Å². The molecule has 0 spiro atoms. The van der Waals surface area contributed by atoms with Crippen LogP contribution in [-0.4, -0.2) is 42.3 Å². The van der Waals surface area contributed by atoms with E-state index in [0.717, 1.165) is 60.4 Å². The van der Waals surface area contributed by atoms with E-state index in [1.165, 1.54) is 149 Å². The minimum Gasteiger partial charge on any atom is -0.781 e. The molecule has 484 valence electrons. The Balaban J connectivity index is 0.00000115. The molecule has 0 bridgehead atoms. The predicted molar refractivity (Wildman–Crippen MR) is 419 cm³/mol. The van der Waals surface area contributed by atoms with Gasteiger partial charge in [-0.05, 0) is 108 Å². The molecule has 4 aliphatic carbocycles. The number of thiol groups is 1. The number of carboxylic acid groups (broad SMARTS) is 1. The number of benzene rings is 8. The van der Waals surface area contributed by atoms with Gasteiger partial charge in [0.2, 0.25) is 5.12 Å². The standard InChI is InChI=1S/C26H27BOPS.C13H13BPS.C13H16O2.2C6H6S2.2C5H10.4CH3.2Ti/c27-29(24-11-3-1-4-12-24,25-13-5-2-6-14-25)20-30-26(28)23-17-15-22(16-18-23)19-21-9-7-8-10-21;14-15(11-16,12-7-3-1-4-8-12)13-9-5-2-6-10-13;14-13(15)12-7-5-11(6-8-12)9-10-3-1-2-4-10;2*7-5-3-1-2-4-6(5)8;2*1-2-4-5-3-1;;;;;;/h1-6,11-18,21H,7-10,19-20H2;1-10,16H,11H2;5-8,10H,1-4,9H2,(H,14,15);2*1-4,7-8H;2*1-5H2;4*1H3;;/q2*+1;;;;;;4*-1;2*+4/p-4. The van der Waals surface area contributed by atoms with Crippen molar-refractivity contribution in [2.45, 2.75) is 148 Å². The first-order valence-electron chi connectivity index (χ1n) is 30.9. The Morgan fingerprint density at radius 2 is 0.634 bits per heavy atom. The summed E-state index contributed by atoms with van der Waals surface area (Å²) in [6.07, 6.45) is 28.1. The van der Waals surface area contributed by atoms with Crippen molar-refractivity contribution in [2.24, 2.45) is 11.8 Å². The fourth-order valence-corrected chi connectivity index (χ4v) is 19.0. The molecule has 12 rings (SSSR count). The van der Waals surface area contributed by atoms with Gasteiger partial charge in [0, 0.05) is 19.8 Å². The van der Waals surface area contributed by atoms with Crippen molar-refractivity contribution < 1.29 is 58.1 Å². The van der Waals surface area contributed by atoms with Crippen LogP contribution in [0.1, 0.15) is 147 Å². The van der Waals surface area contributed by atoms with E-state index in [2.05, 4.69) is 73.3 Å². The molecule has 1 N–H and O–H groups in total. The van der Waals surface area contributed by atoms with Gasteiger partial charge in [-0.15, -0.1) is 12.6 Å². The van der Waals surface area contributed by atoms with Gasteiger partial charge in [0.15, 0.2) is 0 Å². The summed E-state index contributed by atoms with van der Waals surface area (Å²) in [4.78, 5) is 26.7. The smallest absolute Gasteiger partial charge is 0.781 e. The van der Waals surface area contributed by atoms with Crippen molar-refractivity contribution in [1.29, 1.82) is 0 Å². The molecule has 3 nitrogen and oxygen atoms in total. The quantitative estimate of drug-likeness (QED) is 0.0389. The number of thioether (sulfide) groups is 1. The number of hydrogen-bond acceptors (Lipinski definition) is 8. The first-order chi connectivity index (χ1) is 42.3. The Kier molecular flexibility index (Phi) is 49.4. The van der Waals surface area contributed by atoms with Crippen molar-refractivity contribution >= 4 is 137 Å². The third kappa shape index (κ3) is 32.4. The van der Waals surface area contributed by atoms with Crippen LogP contribution in [0.3, 0.4) is 0 Å². The summed E-state index contributed by atoms with van der Waals surface area (Å²) in [5.41, 5.74) is 5.06. The molecule has 4 radical (unpaired) electrons. The summed E-state index contributed by atoms with van der Waals surface area (Å²) in [6.45, 7) is 0. The van der Waals surface area contributed by atoms with Crippen LogP contribution >= 0.6 is 38.7 Å². The van der Waals surface area contributed by atoms with Crippen molar-refractivity contribution in [3.63, 3.8) is 0 Å². The Labute approximate surface area is 629 Å². The average molecular weight is 1450 g/mol. The molecule has 0 saturated heterocycles. The van der Waals surface area contributed by atoms with Crippen LogP contribution in [0.4, 0.5) is 0 Å². The third-order valence-electron chi connectivity index (χ3n) is 16.1. The molecule has 93 heavy (non-hydrogen) atoms. The zero-order chi connectivity index (χ0) is 62.0. The van der Waals surface area contributed by atoms with E-state index in [0.29, 0.717) is 16.6 Å². The minimum atomic E-state index is -2.14. The molecule has 8 aromatic rings. The van der Waals surface area contributed by atoms with Gasteiger partial charge in [-0.2, -0.15) is 19.6 Å². The molecule has 0 heterocycles. The summed E-state index contributed by atoms with van der Waals surface area (Å²) < 4.78 is 0. The van der Waals surface area contributed by atoms with Gasteiger partial charge in [-0.1, -0.05) is 273 Å². The first-order valence-corrected chi connectivity index (χ1v) is 38.2. The minimum absolute atomic E-state index is 0. The Bertz CT molecular complexity index is 2990. The maximum atomic E-state index is 12.9. The Morgan fingerprint density at radius 1 is 0.387 bits per heavy atom. The maximum Gasteiger partial charge on any atom is 4.00 e. The first kappa shape index (κ1) is 89.9. The average Bonchev–Trinajstić information content (AvgIpc) is 1.51. The van der Waals surface area contributed by atoms with Crippen LogP contribution in [0, 0.1) is 41.5 Å². The molecule has 0 aromatic heterocycles. The molecule has 4 fully saturated rings. The van der Waals surface area contributed by atoms with E-state index in [1.54, 1.807) is 12.1 Å². The van der Waals surface area contributed by atoms with Crippen LogP contribution < -0.4 is 21.2 Å². The molecular formula is C78H96B2O3P2S6Ti2+2. The second-order valence-corrected chi connectivity index (χ2v) is 32.7. The van der Waals surface area contributed by atoms with Gasteiger partial charge in [0.25, 0.3) is 0 Å². The van der Waals surface area contributed by atoms with Gasteiger partial charge in [-0.25, -0.2) is 4.79 Å². The predicted octanol–water partition coefficient (Wildman–Crippen LogP) is 20.4. The van der Waals surface area contributed by atoms with Crippen molar-refractivity contribution in [2.75, 3.05) is 11.0 Å². The van der Waals surface area contributed by atoms with E-state index in [-0.39, 0.29) is 78.3 Å². The maximum absolute atomic E-state index is 12.9. The number of carbonyl (C=O) groups is 2. The monoisotopic (exact) mass is 1450 g/mol.